The number of nitrogens with one attached hydrogen (secondary N) is 1. The Morgan fingerprint density at radius 3 is 1.65 bits per heavy atom. The van der Waals surface area contributed by atoms with Crippen molar-refractivity contribution in [3.05, 3.63) is 71.8 Å². The van der Waals surface area contributed by atoms with E-state index in [0.29, 0.717) is 11.7 Å². The van der Waals surface area contributed by atoms with E-state index in [1.807, 2.05) is 12.1 Å². The molecule has 1 saturated carbocycles. The zero-order chi connectivity index (χ0) is 15.8. The first-order chi connectivity index (χ1) is 11.2. The summed E-state index contributed by atoms with van der Waals surface area (Å²) >= 11 is 0. The first-order valence-corrected chi connectivity index (χ1v) is 8.63. The van der Waals surface area contributed by atoms with E-state index in [1.54, 1.807) is 0 Å². The zero-order valence-corrected chi connectivity index (χ0v) is 13.5. The van der Waals surface area contributed by atoms with Crippen LogP contribution < -0.4 is 5.32 Å². The fourth-order valence-electron chi connectivity index (χ4n) is 4.47. The number of benzene rings is 2. The number of Topliss-reactive ketones (excluding diaryl/α,β-unsaturated/α-hetero) is 1. The molecule has 0 spiro atoms. The Balaban J connectivity index is 1.75. The second-order valence-electron chi connectivity index (χ2n) is 7.14. The maximum absolute atomic E-state index is 13.1. The van der Waals surface area contributed by atoms with Crippen LogP contribution in [-0.2, 0) is 4.79 Å². The lowest BCUT2D eigenvalue weighted by molar-refractivity contribution is -0.136. The minimum atomic E-state index is 0.117. The Bertz CT molecular complexity index is 624. The molecule has 0 radical (unpaired) electrons. The largest absolute Gasteiger partial charge is 0.302 e. The molecule has 2 heteroatoms. The average molecular weight is 305 g/mol. The maximum atomic E-state index is 13.1. The third-order valence-electron chi connectivity index (χ3n) is 5.52. The lowest BCUT2D eigenvalue weighted by atomic mass is 9.64. The predicted octanol–water partition coefficient (Wildman–Crippen LogP) is 4.30. The van der Waals surface area contributed by atoms with Crippen LogP contribution in [0.1, 0.15) is 43.0 Å². The second-order valence-corrected chi connectivity index (χ2v) is 7.14. The van der Waals surface area contributed by atoms with E-state index in [-0.39, 0.29) is 23.9 Å². The molecule has 1 aliphatic heterocycles. The molecule has 118 valence electrons. The van der Waals surface area contributed by atoms with Gasteiger partial charge in [-0.1, -0.05) is 67.6 Å². The van der Waals surface area contributed by atoms with Crippen molar-refractivity contribution < 1.29 is 4.79 Å². The van der Waals surface area contributed by atoms with E-state index < -0.39 is 0 Å². The van der Waals surface area contributed by atoms with Crippen LogP contribution in [0.15, 0.2) is 60.7 Å². The number of fused-ring (bicyclic) bond motifs is 2. The number of hydrogen-bond acceptors (Lipinski definition) is 2. The number of hydrogen-bond donors (Lipinski definition) is 1. The molecule has 2 bridgehead atoms. The molecule has 0 aromatic heterocycles. The molecule has 2 aliphatic rings. The Morgan fingerprint density at radius 2 is 1.22 bits per heavy atom. The highest BCUT2D eigenvalue weighted by Crippen LogP contribution is 2.47. The topological polar surface area (TPSA) is 29.1 Å². The van der Waals surface area contributed by atoms with Crippen molar-refractivity contribution in [2.45, 2.75) is 31.8 Å². The first kappa shape index (κ1) is 14.6. The van der Waals surface area contributed by atoms with Crippen molar-refractivity contribution in [3.63, 3.8) is 0 Å². The van der Waals surface area contributed by atoms with Crippen LogP contribution in [0, 0.1) is 17.8 Å². The minimum absolute atomic E-state index is 0.117. The van der Waals surface area contributed by atoms with Gasteiger partial charge in [0.2, 0.25) is 0 Å². The number of ketones is 1. The van der Waals surface area contributed by atoms with E-state index in [4.69, 9.17) is 0 Å². The highest BCUT2D eigenvalue weighted by Gasteiger charge is 2.48. The molecule has 2 nitrogen and oxygen atoms in total. The lowest BCUT2D eigenvalue weighted by Crippen LogP contribution is -2.52. The van der Waals surface area contributed by atoms with Crippen molar-refractivity contribution in [3.8, 4) is 0 Å². The average Bonchev–Trinajstić information content (AvgIpc) is 2.58. The maximum Gasteiger partial charge on any atom is 0.142 e. The SMILES string of the molecule is CC1C[C@@H]2C(=O)[C@H](C1)[C@H](c1ccccc1)N[C@@H]2c1ccccc1. The Kier molecular flexibility index (Phi) is 3.78. The second kappa shape index (κ2) is 5.93. The summed E-state index contributed by atoms with van der Waals surface area (Å²) in [6.45, 7) is 2.29. The van der Waals surface area contributed by atoms with E-state index in [1.165, 1.54) is 11.1 Å². The van der Waals surface area contributed by atoms with E-state index >= 15 is 0 Å². The number of piperidine rings is 1. The van der Waals surface area contributed by atoms with Crippen LogP contribution in [0.4, 0.5) is 0 Å². The summed E-state index contributed by atoms with van der Waals surface area (Å²) in [5.41, 5.74) is 2.47. The highest BCUT2D eigenvalue weighted by molar-refractivity contribution is 5.87. The molecule has 1 unspecified atom stereocenters. The van der Waals surface area contributed by atoms with Gasteiger partial charge >= 0.3 is 0 Å². The van der Waals surface area contributed by atoms with Crippen LogP contribution in [-0.4, -0.2) is 5.78 Å². The molecule has 1 aliphatic carbocycles. The summed E-state index contributed by atoms with van der Waals surface area (Å²) in [5, 5.41) is 3.82. The molecule has 0 amide bonds. The normalized spacial score (nSPS) is 33.4. The Labute approximate surface area is 137 Å². The Morgan fingerprint density at radius 1 is 0.783 bits per heavy atom. The molecule has 5 atom stereocenters. The monoisotopic (exact) mass is 305 g/mol. The summed E-state index contributed by atoms with van der Waals surface area (Å²) in [7, 11) is 0. The van der Waals surface area contributed by atoms with Crippen molar-refractivity contribution in [2.24, 2.45) is 17.8 Å². The first-order valence-electron chi connectivity index (χ1n) is 8.63. The smallest absolute Gasteiger partial charge is 0.142 e. The number of rotatable bonds is 2. The van der Waals surface area contributed by atoms with Crippen molar-refractivity contribution in [1.82, 2.24) is 5.32 Å². The van der Waals surface area contributed by atoms with Crippen LogP contribution in [0.3, 0.4) is 0 Å². The molecule has 1 saturated heterocycles. The van der Waals surface area contributed by atoms with Gasteiger partial charge in [-0.2, -0.15) is 0 Å². The van der Waals surface area contributed by atoms with E-state index in [2.05, 4.69) is 60.8 Å². The summed E-state index contributed by atoms with van der Waals surface area (Å²) in [6.07, 6.45) is 2.01. The van der Waals surface area contributed by atoms with Gasteiger partial charge in [-0.25, -0.2) is 0 Å². The van der Waals surface area contributed by atoms with Gasteiger partial charge in [-0.05, 0) is 29.9 Å². The van der Waals surface area contributed by atoms with Gasteiger partial charge in [-0.3, -0.25) is 4.79 Å². The van der Waals surface area contributed by atoms with Gasteiger partial charge in [0, 0.05) is 23.9 Å². The third-order valence-corrected chi connectivity index (χ3v) is 5.52. The van der Waals surface area contributed by atoms with E-state index in [0.717, 1.165) is 12.8 Å². The molecular weight excluding hydrogens is 282 g/mol. The summed E-state index contributed by atoms with van der Waals surface area (Å²) in [6, 6.07) is 21.2. The van der Waals surface area contributed by atoms with E-state index in [9.17, 15) is 4.79 Å². The molecule has 2 aromatic carbocycles. The summed E-state index contributed by atoms with van der Waals surface area (Å²) in [5.74, 6) is 1.31. The van der Waals surface area contributed by atoms with Gasteiger partial charge in [0.05, 0.1) is 0 Å². The fourth-order valence-corrected chi connectivity index (χ4v) is 4.47. The molecule has 23 heavy (non-hydrogen) atoms. The predicted molar refractivity (Wildman–Crippen MR) is 91.9 cm³/mol. The highest BCUT2D eigenvalue weighted by atomic mass is 16.1. The number of carbonyl (C=O) groups is 1. The van der Waals surface area contributed by atoms with Crippen LogP contribution in [0.2, 0.25) is 0 Å². The molecule has 4 rings (SSSR count). The molecule has 1 heterocycles. The van der Waals surface area contributed by atoms with Crippen molar-refractivity contribution in [1.29, 1.82) is 0 Å². The molecule has 1 N–H and O–H groups in total. The van der Waals surface area contributed by atoms with Gasteiger partial charge in [0.1, 0.15) is 5.78 Å². The standard InChI is InChI=1S/C21H23NO/c1-14-12-17-19(15-8-4-2-5-9-15)22-20(18(13-14)21(17)23)16-10-6-3-7-11-16/h2-11,14,17-20,22H,12-13H2,1H3/t14?,17-,18+,19+,20-. The summed E-state index contributed by atoms with van der Waals surface area (Å²) < 4.78 is 0. The third kappa shape index (κ3) is 2.61. The molecule has 2 fully saturated rings. The van der Waals surface area contributed by atoms with Crippen molar-refractivity contribution >= 4 is 5.78 Å². The molecular formula is C21H23NO. The Hall–Kier alpha value is -1.93. The van der Waals surface area contributed by atoms with Gasteiger partial charge in [-0.15, -0.1) is 0 Å². The molecule has 2 aromatic rings. The quantitative estimate of drug-likeness (QED) is 0.896. The van der Waals surface area contributed by atoms with Crippen LogP contribution >= 0.6 is 0 Å². The lowest BCUT2D eigenvalue weighted by Gasteiger charge is -2.47. The van der Waals surface area contributed by atoms with Crippen LogP contribution in [0.25, 0.3) is 0 Å². The van der Waals surface area contributed by atoms with Gasteiger partial charge < -0.3 is 5.32 Å². The number of carbonyl (C=O) groups excluding carboxylic acids is 1. The summed E-state index contributed by atoms with van der Waals surface area (Å²) in [4.78, 5) is 13.1. The minimum Gasteiger partial charge on any atom is -0.302 e. The van der Waals surface area contributed by atoms with Gasteiger partial charge in [0.25, 0.3) is 0 Å². The van der Waals surface area contributed by atoms with Crippen LogP contribution in [0.5, 0.6) is 0 Å². The fraction of sp³-hybridized carbons (Fsp3) is 0.381. The zero-order valence-electron chi connectivity index (χ0n) is 13.5. The van der Waals surface area contributed by atoms with Gasteiger partial charge in [0.15, 0.2) is 0 Å². The van der Waals surface area contributed by atoms with Crippen molar-refractivity contribution in [2.75, 3.05) is 0 Å².